The Morgan fingerprint density at radius 2 is 2.43 bits per heavy atom. The van der Waals surface area contributed by atoms with Crippen LogP contribution in [-0.2, 0) is 16.1 Å². The first kappa shape index (κ1) is 10.7. The minimum Gasteiger partial charge on any atom is -0.468 e. The van der Waals surface area contributed by atoms with Crippen molar-refractivity contribution in [1.29, 1.82) is 0 Å². The Balaban J connectivity index is 2.21. The lowest BCUT2D eigenvalue weighted by atomic mass is 10.5. The molecule has 0 atom stereocenters. The van der Waals surface area contributed by atoms with Crippen LogP contribution in [0.15, 0.2) is 18.7 Å². The number of nitrogens with zero attached hydrogens (tertiary/aromatic N) is 3. The quantitative estimate of drug-likeness (QED) is 0.623. The number of likely N-dealkylation sites (N-methyl/N-ethyl adjacent to an activating group) is 1. The van der Waals surface area contributed by atoms with Gasteiger partial charge in [0.1, 0.15) is 0 Å². The fourth-order valence-electron chi connectivity index (χ4n) is 1.07. The minimum absolute atomic E-state index is 0.210. The number of methoxy groups -OCH3 is 1. The van der Waals surface area contributed by atoms with Crippen LogP contribution in [-0.4, -0.2) is 47.7 Å². The van der Waals surface area contributed by atoms with E-state index in [2.05, 4.69) is 9.72 Å². The lowest BCUT2D eigenvalue weighted by Crippen LogP contribution is -2.29. The van der Waals surface area contributed by atoms with Crippen molar-refractivity contribution in [2.75, 3.05) is 27.2 Å². The third-order valence-corrected chi connectivity index (χ3v) is 1.93. The van der Waals surface area contributed by atoms with Crippen LogP contribution >= 0.6 is 0 Å². The summed E-state index contributed by atoms with van der Waals surface area (Å²) in [6.07, 6.45) is 5.39. The van der Waals surface area contributed by atoms with Crippen molar-refractivity contribution in [3.8, 4) is 0 Å². The van der Waals surface area contributed by atoms with Gasteiger partial charge in [-0.2, -0.15) is 0 Å². The molecule has 1 aromatic rings. The molecule has 1 aromatic heterocycles. The van der Waals surface area contributed by atoms with Gasteiger partial charge in [0.15, 0.2) is 0 Å². The molecule has 0 fully saturated rings. The lowest BCUT2D eigenvalue weighted by molar-refractivity contribution is -0.141. The van der Waals surface area contributed by atoms with Gasteiger partial charge in [0.25, 0.3) is 0 Å². The number of carbonyl (C=O) groups excluding carboxylic acids is 1. The Morgan fingerprint density at radius 3 is 3.00 bits per heavy atom. The van der Waals surface area contributed by atoms with Gasteiger partial charge < -0.3 is 9.30 Å². The molecule has 1 rings (SSSR count). The summed E-state index contributed by atoms with van der Waals surface area (Å²) in [4.78, 5) is 16.7. The van der Waals surface area contributed by atoms with E-state index in [4.69, 9.17) is 0 Å². The fourth-order valence-corrected chi connectivity index (χ4v) is 1.07. The molecule has 0 saturated heterocycles. The van der Waals surface area contributed by atoms with Gasteiger partial charge in [-0.05, 0) is 7.05 Å². The summed E-state index contributed by atoms with van der Waals surface area (Å²) < 4.78 is 6.52. The summed E-state index contributed by atoms with van der Waals surface area (Å²) in [7, 11) is 3.28. The maximum Gasteiger partial charge on any atom is 0.319 e. The van der Waals surface area contributed by atoms with Crippen LogP contribution in [0.3, 0.4) is 0 Å². The molecule has 0 aliphatic carbocycles. The summed E-state index contributed by atoms with van der Waals surface area (Å²) >= 11 is 0. The molecule has 1 heterocycles. The Morgan fingerprint density at radius 1 is 1.64 bits per heavy atom. The SMILES string of the molecule is COC(=O)CN(C)CCn1ccnc1. The number of carbonyl (C=O) groups is 1. The minimum atomic E-state index is -0.210. The van der Waals surface area contributed by atoms with Crippen molar-refractivity contribution in [3.63, 3.8) is 0 Å². The van der Waals surface area contributed by atoms with Gasteiger partial charge in [-0.25, -0.2) is 4.98 Å². The molecule has 0 N–H and O–H groups in total. The van der Waals surface area contributed by atoms with Crippen molar-refractivity contribution in [3.05, 3.63) is 18.7 Å². The van der Waals surface area contributed by atoms with Crippen LogP contribution in [0, 0.1) is 0 Å². The second kappa shape index (κ2) is 5.39. The van der Waals surface area contributed by atoms with E-state index >= 15 is 0 Å². The summed E-state index contributed by atoms with van der Waals surface area (Å²) in [5.74, 6) is -0.210. The number of rotatable bonds is 5. The van der Waals surface area contributed by atoms with E-state index in [1.165, 1.54) is 7.11 Å². The zero-order chi connectivity index (χ0) is 10.4. The molecule has 78 valence electrons. The zero-order valence-electron chi connectivity index (χ0n) is 8.51. The molecule has 0 aliphatic heterocycles. The lowest BCUT2D eigenvalue weighted by Gasteiger charge is -2.14. The Labute approximate surface area is 83.3 Å². The molecule has 5 nitrogen and oxygen atoms in total. The van der Waals surface area contributed by atoms with E-state index < -0.39 is 0 Å². The third-order valence-electron chi connectivity index (χ3n) is 1.93. The molecule has 0 saturated carbocycles. The number of hydrogen-bond donors (Lipinski definition) is 0. The highest BCUT2D eigenvalue weighted by atomic mass is 16.5. The van der Waals surface area contributed by atoms with Crippen LogP contribution in [0.2, 0.25) is 0 Å². The normalized spacial score (nSPS) is 10.5. The van der Waals surface area contributed by atoms with Crippen molar-refractivity contribution in [1.82, 2.24) is 14.5 Å². The second-order valence-corrected chi connectivity index (χ2v) is 3.11. The molecule has 0 amide bonds. The van der Waals surface area contributed by atoms with Crippen molar-refractivity contribution >= 4 is 5.97 Å². The largest absolute Gasteiger partial charge is 0.468 e. The van der Waals surface area contributed by atoms with Crippen molar-refractivity contribution in [2.24, 2.45) is 0 Å². The number of imidazole rings is 1. The average molecular weight is 197 g/mol. The van der Waals surface area contributed by atoms with E-state index in [1.807, 2.05) is 22.7 Å². The Kier molecular flexibility index (Phi) is 4.12. The van der Waals surface area contributed by atoms with E-state index in [0.717, 1.165) is 13.1 Å². The van der Waals surface area contributed by atoms with Gasteiger partial charge >= 0.3 is 5.97 Å². The van der Waals surface area contributed by atoms with E-state index in [1.54, 1.807) is 12.5 Å². The molecule has 14 heavy (non-hydrogen) atoms. The summed E-state index contributed by atoms with van der Waals surface area (Å²) in [6, 6.07) is 0. The number of aromatic nitrogens is 2. The zero-order valence-corrected chi connectivity index (χ0v) is 8.51. The maximum atomic E-state index is 10.9. The molecule has 0 bridgehead atoms. The highest BCUT2D eigenvalue weighted by Crippen LogP contribution is 1.89. The highest BCUT2D eigenvalue weighted by molar-refractivity contribution is 5.71. The average Bonchev–Trinajstić information content (AvgIpc) is 2.67. The monoisotopic (exact) mass is 197 g/mol. The van der Waals surface area contributed by atoms with Crippen LogP contribution < -0.4 is 0 Å². The molecule has 0 spiro atoms. The molecule has 5 heteroatoms. The standard InChI is InChI=1S/C9H15N3O2/c1-11(7-9(13)14-2)5-6-12-4-3-10-8-12/h3-4,8H,5-7H2,1-2H3. The van der Waals surface area contributed by atoms with Gasteiger partial charge in [-0.15, -0.1) is 0 Å². The van der Waals surface area contributed by atoms with Gasteiger partial charge in [0, 0.05) is 25.5 Å². The van der Waals surface area contributed by atoms with Crippen LogP contribution in [0.1, 0.15) is 0 Å². The number of ether oxygens (including phenoxy) is 1. The first-order valence-corrected chi connectivity index (χ1v) is 4.43. The van der Waals surface area contributed by atoms with Crippen LogP contribution in [0.25, 0.3) is 0 Å². The van der Waals surface area contributed by atoms with Gasteiger partial charge in [0.2, 0.25) is 0 Å². The van der Waals surface area contributed by atoms with Crippen molar-refractivity contribution in [2.45, 2.75) is 6.54 Å². The van der Waals surface area contributed by atoms with Crippen molar-refractivity contribution < 1.29 is 9.53 Å². The molecule has 0 unspecified atom stereocenters. The molecule has 0 radical (unpaired) electrons. The summed E-state index contributed by atoms with van der Waals surface area (Å²) in [6.45, 7) is 1.95. The number of hydrogen-bond acceptors (Lipinski definition) is 4. The topological polar surface area (TPSA) is 47.4 Å². The fraction of sp³-hybridized carbons (Fsp3) is 0.556. The van der Waals surface area contributed by atoms with E-state index in [0.29, 0.717) is 6.54 Å². The van der Waals surface area contributed by atoms with Gasteiger partial charge in [-0.3, -0.25) is 9.69 Å². The first-order valence-electron chi connectivity index (χ1n) is 4.43. The predicted molar refractivity (Wildman–Crippen MR) is 51.7 cm³/mol. The molecule has 0 aliphatic rings. The van der Waals surface area contributed by atoms with Gasteiger partial charge in [-0.1, -0.05) is 0 Å². The van der Waals surface area contributed by atoms with Gasteiger partial charge in [0.05, 0.1) is 20.0 Å². The maximum absolute atomic E-state index is 10.9. The first-order chi connectivity index (χ1) is 6.72. The smallest absolute Gasteiger partial charge is 0.319 e. The van der Waals surface area contributed by atoms with E-state index in [-0.39, 0.29) is 5.97 Å². The van der Waals surface area contributed by atoms with Crippen LogP contribution in [0.4, 0.5) is 0 Å². The van der Waals surface area contributed by atoms with Crippen LogP contribution in [0.5, 0.6) is 0 Å². The molecular formula is C9H15N3O2. The highest BCUT2D eigenvalue weighted by Gasteiger charge is 2.05. The molecule has 0 aromatic carbocycles. The summed E-state index contributed by atoms with van der Waals surface area (Å²) in [5.41, 5.74) is 0. The second-order valence-electron chi connectivity index (χ2n) is 3.11. The number of esters is 1. The Hall–Kier alpha value is -1.36. The third kappa shape index (κ3) is 3.57. The Bertz CT molecular complexity index is 272. The van der Waals surface area contributed by atoms with E-state index in [9.17, 15) is 4.79 Å². The predicted octanol–water partition coefficient (Wildman–Crippen LogP) is -0.0121. The summed E-state index contributed by atoms with van der Waals surface area (Å²) in [5, 5.41) is 0. The molecular weight excluding hydrogens is 182 g/mol.